The van der Waals surface area contributed by atoms with Crippen LogP contribution in [0.5, 0.6) is 11.5 Å². The molecule has 10 heteroatoms. The minimum absolute atomic E-state index is 0. The molecule has 1 aliphatic rings. The van der Waals surface area contributed by atoms with Crippen molar-refractivity contribution in [1.29, 1.82) is 0 Å². The quantitative estimate of drug-likeness (QED) is 0.812. The van der Waals surface area contributed by atoms with Gasteiger partial charge in [0, 0.05) is 31.2 Å². The van der Waals surface area contributed by atoms with Crippen molar-refractivity contribution in [1.82, 2.24) is 20.4 Å². The summed E-state index contributed by atoms with van der Waals surface area (Å²) >= 11 is 0. The molecular formula is C16H21ClF2N4O3. The van der Waals surface area contributed by atoms with Crippen LogP contribution in [0.25, 0.3) is 11.4 Å². The number of ether oxygens (including phenoxy) is 2. The Kier molecular flexibility index (Phi) is 7.13. The molecule has 7 nitrogen and oxygen atoms in total. The molecule has 144 valence electrons. The Balaban J connectivity index is 0.00000243. The van der Waals surface area contributed by atoms with E-state index in [2.05, 4.69) is 32.0 Å². The number of nitrogens with one attached hydrogen (secondary N) is 1. The maximum Gasteiger partial charge on any atom is 0.387 e. The highest BCUT2D eigenvalue weighted by molar-refractivity contribution is 5.85. The van der Waals surface area contributed by atoms with Crippen molar-refractivity contribution < 1.29 is 22.8 Å². The molecule has 1 aromatic heterocycles. The van der Waals surface area contributed by atoms with Crippen LogP contribution in [-0.2, 0) is 6.54 Å². The maximum absolute atomic E-state index is 12.4. The van der Waals surface area contributed by atoms with E-state index in [-0.39, 0.29) is 23.9 Å². The van der Waals surface area contributed by atoms with Gasteiger partial charge in [0.25, 0.3) is 0 Å². The number of hydrogen-bond donors (Lipinski definition) is 1. The fourth-order valence-corrected chi connectivity index (χ4v) is 2.73. The number of rotatable bonds is 6. The predicted molar refractivity (Wildman–Crippen MR) is 92.9 cm³/mol. The highest BCUT2D eigenvalue weighted by atomic mass is 35.5. The van der Waals surface area contributed by atoms with Gasteiger partial charge in [-0.25, -0.2) is 0 Å². The van der Waals surface area contributed by atoms with Crippen LogP contribution in [0, 0.1) is 0 Å². The van der Waals surface area contributed by atoms with Crippen LogP contribution in [0.2, 0.25) is 0 Å². The minimum atomic E-state index is -2.92. The third-order valence-corrected chi connectivity index (χ3v) is 4.08. The van der Waals surface area contributed by atoms with E-state index in [1.54, 1.807) is 12.1 Å². The van der Waals surface area contributed by atoms with Crippen LogP contribution in [0.3, 0.4) is 0 Å². The number of benzene rings is 1. The number of methoxy groups -OCH3 is 1. The standard InChI is InChI=1S/C16H20F2N4O3.ClH/c1-10-8-19-5-6-22(10)9-14-20-15(21-25-14)11-3-4-12(24-16(17)18)13(7-11)23-2;/h3-4,7,10,16,19H,5-6,8-9H2,1-2H3;1H/t10-;/m0./s1. The van der Waals surface area contributed by atoms with Crippen molar-refractivity contribution in [2.75, 3.05) is 26.7 Å². The van der Waals surface area contributed by atoms with Crippen molar-refractivity contribution in [3.63, 3.8) is 0 Å². The molecule has 0 saturated carbocycles. The largest absolute Gasteiger partial charge is 0.493 e. The summed E-state index contributed by atoms with van der Waals surface area (Å²) in [5, 5.41) is 7.30. The minimum Gasteiger partial charge on any atom is -0.493 e. The molecule has 1 N–H and O–H groups in total. The number of alkyl halides is 2. The average Bonchev–Trinajstić information content (AvgIpc) is 3.05. The van der Waals surface area contributed by atoms with Gasteiger partial charge < -0.3 is 19.3 Å². The molecule has 0 aliphatic carbocycles. The molecule has 1 aromatic carbocycles. The Bertz CT molecular complexity index is 717. The number of halogens is 3. The Morgan fingerprint density at radius 2 is 2.19 bits per heavy atom. The first-order chi connectivity index (χ1) is 12.1. The zero-order chi connectivity index (χ0) is 17.8. The van der Waals surface area contributed by atoms with Gasteiger partial charge in [0.2, 0.25) is 11.7 Å². The second-order valence-corrected chi connectivity index (χ2v) is 5.78. The molecule has 1 aliphatic heterocycles. The predicted octanol–water partition coefficient (Wildman–Crippen LogP) is 2.56. The van der Waals surface area contributed by atoms with Crippen LogP contribution in [0.4, 0.5) is 8.78 Å². The Labute approximate surface area is 156 Å². The molecule has 0 unspecified atom stereocenters. The molecular weight excluding hydrogens is 370 g/mol. The second-order valence-electron chi connectivity index (χ2n) is 5.78. The number of piperazine rings is 1. The zero-order valence-corrected chi connectivity index (χ0v) is 15.3. The van der Waals surface area contributed by atoms with Gasteiger partial charge in [0.15, 0.2) is 11.5 Å². The summed E-state index contributed by atoms with van der Waals surface area (Å²) < 4.78 is 39.6. The summed E-state index contributed by atoms with van der Waals surface area (Å²) in [4.78, 5) is 6.65. The fraction of sp³-hybridized carbons (Fsp3) is 0.500. The van der Waals surface area contributed by atoms with Gasteiger partial charge in [0.1, 0.15) is 0 Å². The zero-order valence-electron chi connectivity index (χ0n) is 14.4. The van der Waals surface area contributed by atoms with E-state index in [0.29, 0.717) is 29.9 Å². The van der Waals surface area contributed by atoms with E-state index in [1.165, 1.54) is 13.2 Å². The van der Waals surface area contributed by atoms with E-state index in [9.17, 15) is 8.78 Å². The normalized spacial score (nSPS) is 17.8. The third kappa shape index (κ3) is 4.80. The van der Waals surface area contributed by atoms with Crippen molar-refractivity contribution in [3.05, 3.63) is 24.1 Å². The number of aromatic nitrogens is 2. The third-order valence-electron chi connectivity index (χ3n) is 4.08. The topological polar surface area (TPSA) is 72.7 Å². The van der Waals surface area contributed by atoms with E-state index in [4.69, 9.17) is 9.26 Å². The van der Waals surface area contributed by atoms with Crippen molar-refractivity contribution >= 4 is 12.4 Å². The van der Waals surface area contributed by atoms with Gasteiger partial charge in [-0.3, -0.25) is 4.90 Å². The van der Waals surface area contributed by atoms with Gasteiger partial charge in [0.05, 0.1) is 13.7 Å². The molecule has 0 bridgehead atoms. The van der Waals surface area contributed by atoms with E-state index in [0.717, 1.165) is 19.6 Å². The fourth-order valence-electron chi connectivity index (χ4n) is 2.73. The average molecular weight is 391 g/mol. The number of nitrogens with zero attached hydrogens (tertiary/aromatic N) is 3. The first kappa shape index (κ1) is 20.3. The maximum atomic E-state index is 12.4. The summed E-state index contributed by atoms with van der Waals surface area (Å²) in [7, 11) is 1.38. The first-order valence-electron chi connectivity index (χ1n) is 7.97. The molecule has 1 saturated heterocycles. The van der Waals surface area contributed by atoms with Gasteiger partial charge in [-0.05, 0) is 25.1 Å². The molecule has 3 rings (SSSR count). The molecule has 1 fully saturated rings. The SMILES string of the molecule is COc1cc(-c2noc(CN3CCNC[C@@H]3C)n2)ccc1OC(F)F.Cl. The Morgan fingerprint density at radius 3 is 2.88 bits per heavy atom. The van der Waals surface area contributed by atoms with Crippen LogP contribution in [0.15, 0.2) is 22.7 Å². The lowest BCUT2D eigenvalue weighted by molar-refractivity contribution is -0.0512. The number of hydrogen-bond acceptors (Lipinski definition) is 7. The lowest BCUT2D eigenvalue weighted by atomic mass is 10.2. The molecule has 0 amide bonds. The molecule has 0 spiro atoms. The molecule has 1 atom stereocenters. The monoisotopic (exact) mass is 390 g/mol. The molecule has 2 aromatic rings. The summed E-state index contributed by atoms with van der Waals surface area (Å²) in [5.74, 6) is 1.02. The van der Waals surface area contributed by atoms with Gasteiger partial charge in [-0.2, -0.15) is 13.8 Å². The van der Waals surface area contributed by atoms with Gasteiger partial charge in [-0.15, -0.1) is 12.4 Å². The van der Waals surface area contributed by atoms with Crippen molar-refractivity contribution in [3.8, 4) is 22.9 Å². The lowest BCUT2D eigenvalue weighted by Crippen LogP contribution is -2.49. The molecule has 0 radical (unpaired) electrons. The van der Waals surface area contributed by atoms with E-state index >= 15 is 0 Å². The van der Waals surface area contributed by atoms with Crippen molar-refractivity contribution in [2.45, 2.75) is 26.1 Å². The van der Waals surface area contributed by atoms with Gasteiger partial charge in [-0.1, -0.05) is 5.16 Å². The summed E-state index contributed by atoms with van der Waals surface area (Å²) in [5.41, 5.74) is 0.599. The lowest BCUT2D eigenvalue weighted by Gasteiger charge is -2.32. The molecule has 26 heavy (non-hydrogen) atoms. The summed E-state index contributed by atoms with van der Waals surface area (Å²) in [6.07, 6.45) is 0. The van der Waals surface area contributed by atoms with Crippen LogP contribution < -0.4 is 14.8 Å². The Morgan fingerprint density at radius 1 is 1.38 bits per heavy atom. The smallest absolute Gasteiger partial charge is 0.387 e. The van der Waals surface area contributed by atoms with E-state index in [1.807, 2.05) is 0 Å². The first-order valence-corrected chi connectivity index (χ1v) is 7.97. The van der Waals surface area contributed by atoms with Crippen LogP contribution >= 0.6 is 12.4 Å². The summed E-state index contributed by atoms with van der Waals surface area (Å²) in [6.45, 7) is 2.54. The Hall–Kier alpha value is -1.97. The summed E-state index contributed by atoms with van der Waals surface area (Å²) in [6, 6.07) is 4.91. The highest BCUT2D eigenvalue weighted by Crippen LogP contribution is 2.32. The molecule has 2 heterocycles. The second kappa shape index (κ2) is 9.11. The van der Waals surface area contributed by atoms with E-state index < -0.39 is 6.61 Å². The van der Waals surface area contributed by atoms with Crippen molar-refractivity contribution in [2.24, 2.45) is 0 Å². The van der Waals surface area contributed by atoms with Crippen LogP contribution in [-0.4, -0.2) is 54.4 Å². The van der Waals surface area contributed by atoms with Gasteiger partial charge >= 0.3 is 6.61 Å². The highest BCUT2D eigenvalue weighted by Gasteiger charge is 2.21. The van der Waals surface area contributed by atoms with Crippen LogP contribution in [0.1, 0.15) is 12.8 Å².